The van der Waals surface area contributed by atoms with Crippen LogP contribution in [0.2, 0.25) is 0 Å². The summed E-state index contributed by atoms with van der Waals surface area (Å²) < 4.78 is 0. The molecule has 0 aliphatic heterocycles. The van der Waals surface area contributed by atoms with Crippen molar-refractivity contribution in [2.24, 2.45) is 11.1 Å². The second-order valence-corrected chi connectivity index (χ2v) is 5.08. The van der Waals surface area contributed by atoms with Crippen LogP contribution in [0, 0.1) is 5.41 Å². The van der Waals surface area contributed by atoms with Crippen molar-refractivity contribution in [1.82, 2.24) is 4.90 Å². The molecular formula is C11H24N2O2S. The van der Waals surface area contributed by atoms with Gasteiger partial charge in [-0.25, -0.2) is 0 Å². The smallest absolute Gasteiger partial charge is 0.0784 e. The number of nitrogens with two attached hydrogens (primary N) is 1. The van der Waals surface area contributed by atoms with E-state index in [1.165, 1.54) is 0 Å². The van der Waals surface area contributed by atoms with Crippen molar-refractivity contribution in [3.05, 3.63) is 0 Å². The van der Waals surface area contributed by atoms with Crippen LogP contribution >= 0.6 is 12.2 Å². The van der Waals surface area contributed by atoms with Crippen molar-refractivity contribution in [2.45, 2.75) is 26.7 Å². The lowest BCUT2D eigenvalue weighted by Gasteiger charge is -2.25. The standard InChI is InChI=1S/C11H24N2O2S/c1-11(2,10(12)16)4-3-5-13(6-8-14)7-9-15/h14-15H,3-9H2,1-2H3,(H2,12,16). The number of hydrogen-bond donors (Lipinski definition) is 3. The molecule has 0 aliphatic carbocycles. The van der Waals surface area contributed by atoms with Crippen molar-refractivity contribution >= 4 is 17.2 Å². The first-order chi connectivity index (χ1) is 7.44. The summed E-state index contributed by atoms with van der Waals surface area (Å²) in [5, 5.41) is 17.7. The molecule has 4 N–H and O–H groups in total. The number of thiocarbonyl (C=S) groups is 1. The molecule has 4 nitrogen and oxygen atoms in total. The molecule has 0 amide bonds. The van der Waals surface area contributed by atoms with Gasteiger partial charge in [-0.15, -0.1) is 0 Å². The van der Waals surface area contributed by atoms with Gasteiger partial charge in [-0.1, -0.05) is 26.1 Å². The fraction of sp³-hybridized carbons (Fsp3) is 0.909. The van der Waals surface area contributed by atoms with Crippen molar-refractivity contribution < 1.29 is 10.2 Å². The van der Waals surface area contributed by atoms with Crippen LogP contribution in [0.25, 0.3) is 0 Å². The lowest BCUT2D eigenvalue weighted by molar-refractivity contribution is 0.157. The summed E-state index contributed by atoms with van der Waals surface area (Å²) in [6, 6.07) is 0. The van der Waals surface area contributed by atoms with E-state index in [1.54, 1.807) is 0 Å². The van der Waals surface area contributed by atoms with Gasteiger partial charge >= 0.3 is 0 Å². The highest BCUT2D eigenvalue weighted by molar-refractivity contribution is 7.80. The SMILES string of the molecule is CC(C)(CCCN(CCO)CCO)C(N)=S. The average Bonchev–Trinajstić information content (AvgIpc) is 2.17. The molecule has 0 saturated heterocycles. The zero-order valence-electron chi connectivity index (χ0n) is 10.3. The summed E-state index contributed by atoms with van der Waals surface area (Å²) in [4.78, 5) is 2.58. The van der Waals surface area contributed by atoms with Gasteiger partial charge < -0.3 is 15.9 Å². The maximum atomic E-state index is 8.85. The van der Waals surface area contributed by atoms with E-state index in [1.807, 2.05) is 18.7 Å². The Morgan fingerprint density at radius 1 is 1.19 bits per heavy atom. The van der Waals surface area contributed by atoms with Crippen molar-refractivity contribution in [2.75, 3.05) is 32.8 Å². The van der Waals surface area contributed by atoms with Crippen LogP contribution in [0.3, 0.4) is 0 Å². The van der Waals surface area contributed by atoms with E-state index in [-0.39, 0.29) is 18.6 Å². The molecule has 0 aromatic rings. The molecular weight excluding hydrogens is 224 g/mol. The minimum Gasteiger partial charge on any atom is -0.395 e. The number of nitrogens with zero attached hydrogens (tertiary/aromatic N) is 1. The first-order valence-corrected chi connectivity index (χ1v) is 6.09. The lowest BCUT2D eigenvalue weighted by atomic mass is 9.88. The van der Waals surface area contributed by atoms with Gasteiger partial charge in [0.25, 0.3) is 0 Å². The molecule has 16 heavy (non-hydrogen) atoms. The third kappa shape index (κ3) is 6.37. The van der Waals surface area contributed by atoms with Gasteiger partial charge in [0.1, 0.15) is 0 Å². The van der Waals surface area contributed by atoms with Gasteiger partial charge in [-0.05, 0) is 19.4 Å². The summed E-state index contributed by atoms with van der Waals surface area (Å²) in [6.45, 7) is 6.39. The zero-order valence-corrected chi connectivity index (χ0v) is 11.1. The summed E-state index contributed by atoms with van der Waals surface area (Å²) in [7, 11) is 0. The number of aliphatic hydroxyl groups is 2. The molecule has 0 aromatic heterocycles. The van der Waals surface area contributed by atoms with Crippen LogP contribution in [0.1, 0.15) is 26.7 Å². The summed E-state index contributed by atoms with van der Waals surface area (Å²) in [5.74, 6) is 0. The van der Waals surface area contributed by atoms with Gasteiger partial charge in [0.15, 0.2) is 0 Å². The fourth-order valence-corrected chi connectivity index (χ4v) is 1.59. The van der Waals surface area contributed by atoms with E-state index in [9.17, 15) is 0 Å². The highest BCUT2D eigenvalue weighted by Gasteiger charge is 2.20. The first-order valence-electron chi connectivity index (χ1n) is 5.68. The molecule has 0 atom stereocenters. The largest absolute Gasteiger partial charge is 0.395 e. The van der Waals surface area contributed by atoms with Gasteiger partial charge in [0.05, 0.1) is 18.2 Å². The molecule has 5 heteroatoms. The third-order valence-corrected chi connectivity index (χ3v) is 3.33. The van der Waals surface area contributed by atoms with Crippen LogP contribution in [-0.2, 0) is 0 Å². The van der Waals surface area contributed by atoms with Crippen molar-refractivity contribution in [1.29, 1.82) is 0 Å². The predicted octanol–water partition coefficient (Wildman–Crippen LogP) is 0.366. The molecule has 0 bridgehead atoms. The molecule has 0 aromatic carbocycles. The van der Waals surface area contributed by atoms with Gasteiger partial charge in [-0.3, -0.25) is 4.90 Å². The Balaban J connectivity index is 3.88. The maximum absolute atomic E-state index is 8.85. The molecule has 0 fully saturated rings. The summed E-state index contributed by atoms with van der Waals surface area (Å²) in [5.41, 5.74) is 5.53. The fourth-order valence-electron chi connectivity index (χ4n) is 1.49. The molecule has 0 rings (SSSR count). The maximum Gasteiger partial charge on any atom is 0.0784 e. The number of rotatable bonds is 9. The Bertz CT molecular complexity index is 204. The topological polar surface area (TPSA) is 69.7 Å². The minimum absolute atomic E-state index is 0.112. The van der Waals surface area contributed by atoms with Crippen LogP contribution in [0.4, 0.5) is 0 Å². The van der Waals surface area contributed by atoms with Gasteiger partial charge in [-0.2, -0.15) is 0 Å². The lowest BCUT2D eigenvalue weighted by Crippen LogP contribution is -2.33. The van der Waals surface area contributed by atoms with Crippen LogP contribution in [-0.4, -0.2) is 52.9 Å². The normalized spacial score (nSPS) is 12.1. The Morgan fingerprint density at radius 3 is 2.06 bits per heavy atom. The zero-order chi connectivity index (χ0) is 12.6. The van der Waals surface area contributed by atoms with E-state index in [2.05, 4.69) is 0 Å². The Morgan fingerprint density at radius 2 is 1.69 bits per heavy atom. The molecule has 0 aliphatic rings. The molecule has 0 saturated carbocycles. The van der Waals surface area contributed by atoms with Gasteiger partial charge in [0.2, 0.25) is 0 Å². The van der Waals surface area contributed by atoms with E-state index in [0.29, 0.717) is 18.1 Å². The summed E-state index contributed by atoms with van der Waals surface area (Å²) in [6.07, 6.45) is 1.89. The second-order valence-electron chi connectivity index (χ2n) is 4.64. The van der Waals surface area contributed by atoms with Crippen molar-refractivity contribution in [3.63, 3.8) is 0 Å². The van der Waals surface area contributed by atoms with E-state index in [0.717, 1.165) is 19.4 Å². The predicted molar refractivity (Wildman–Crippen MR) is 70.4 cm³/mol. The van der Waals surface area contributed by atoms with E-state index < -0.39 is 0 Å². The Labute approximate surface area is 103 Å². The number of hydrogen-bond acceptors (Lipinski definition) is 4. The first kappa shape index (κ1) is 15.8. The summed E-state index contributed by atoms with van der Waals surface area (Å²) >= 11 is 5.00. The quantitative estimate of drug-likeness (QED) is 0.514. The molecule has 0 heterocycles. The van der Waals surface area contributed by atoms with E-state index in [4.69, 9.17) is 28.2 Å². The van der Waals surface area contributed by atoms with E-state index >= 15 is 0 Å². The number of aliphatic hydroxyl groups excluding tert-OH is 2. The highest BCUT2D eigenvalue weighted by atomic mass is 32.1. The molecule has 96 valence electrons. The van der Waals surface area contributed by atoms with Gasteiger partial charge in [0, 0.05) is 18.5 Å². The average molecular weight is 248 g/mol. The minimum atomic E-state index is -0.112. The van der Waals surface area contributed by atoms with Crippen LogP contribution in [0.15, 0.2) is 0 Å². The monoisotopic (exact) mass is 248 g/mol. The molecule has 0 spiro atoms. The molecule has 0 unspecified atom stereocenters. The Hall–Kier alpha value is -0.230. The van der Waals surface area contributed by atoms with Crippen molar-refractivity contribution in [3.8, 4) is 0 Å². The highest BCUT2D eigenvalue weighted by Crippen LogP contribution is 2.22. The second kappa shape index (κ2) is 7.95. The molecule has 0 radical (unpaired) electrons. The van der Waals surface area contributed by atoms with Crippen LogP contribution in [0.5, 0.6) is 0 Å². The van der Waals surface area contributed by atoms with Crippen LogP contribution < -0.4 is 5.73 Å². The Kier molecular flexibility index (Phi) is 7.83. The third-order valence-electron chi connectivity index (χ3n) is 2.78.